The Kier molecular flexibility index (Phi) is 8.18. The molecule has 0 aliphatic carbocycles. The second kappa shape index (κ2) is 12.7. The van der Waals surface area contributed by atoms with Crippen LogP contribution in [0.25, 0.3) is 22.3 Å². The van der Waals surface area contributed by atoms with Crippen molar-refractivity contribution in [2.45, 2.75) is 11.3 Å². The highest BCUT2D eigenvalue weighted by atomic mass is 31.2. The van der Waals surface area contributed by atoms with Gasteiger partial charge in [-0.1, -0.05) is 140 Å². The maximum absolute atomic E-state index is 15.8. The van der Waals surface area contributed by atoms with Gasteiger partial charge in [0.1, 0.15) is 11.5 Å². The highest BCUT2D eigenvalue weighted by molar-refractivity contribution is 7.68. The first-order chi connectivity index (χ1) is 22.2. The fourth-order valence-electron chi connectivity index (χ4n) is 6.10. The van der Waals surface area contributed by atoms with Gasteiger partial charge >= 0.3 is 0 Å². The summed E-state index contributed by atoms with van der Waals surface area (Å²) in [7, 11) is -3.74. The lowest BCUT2D eigenvalue weighted by Gasteiger charge is -2.37. The van der Waals surface area contributed by atoms with Gasteiger partial charge in [-0.05, 0) is 40.5 Å². The average molecular weight is 625 g/mol. The van der Waals surface area contributed by atoms with Crippen LogP contribution in [0.4, 0.5) is 0 Å². The van der Waals surface area contributed by atoms with Gasteiger partial charge in [-0.3, -0.25) is 9.36 Å². The Morgan fingerprint density at radius 1 is 0.578 bits per heavy atom. The first-order valence-corrected chi connectivity index (χ1v) is 17.5. The Labute approximate surface area is 265 Å². The standard InChI is InChI=1S/C39H30O4P2/c40-27-30-19-7-8-20-31(30)32-21-9-12-24-35(32)42-44-38(28-15-3-1-4-16-28)39(29-17-5-2-6-18-29)45(41)37-26-14-11-23-34(37)33-22-10-13-25-36(33)43-45/h1-27,38-39,44H. The van der Waals surface area contributed by atoms with Crippen LogP contribution in [0, 0.1) is 0 Å². The van der Waals surface area contributed by atoms with Crippen LogP contribution in [0.1, 0.15) is 32.8 Å². The van der Waals surface area contributed by atoms with Gasteiger partial charge in [-0.2, -0.15) is 0 Å². The van der Waals surface area contributed by atoms with Crippen LogP contribution in [0.5, 0.6) is 11.5 Å². The van der Waals surface area contributed by atoms with E-state index in [2.05, 4.69) is 12.1 Å². The second-order valence-corrected chi connectivity index (χ2v) is 14.3. The van der Waals surface area contributed by atoms with Crippen molar-refractivity contribution in [1.29, 1.82) is 0 Å². The lowest BCUT2D eigenvalue weighted by atomic mass is 10.00. The van der Waals surface area contributed by atoms with Gasteiger partial charge in [0.2, 0.25) is 0 Å². The third kappa shape index (κ3) is 5.53. The Bertz CT molecular complexity index is 2010. The Morgan fingerprint density at radius 3 is 1.87 bits per heavy atom. The third-order valence-corrected chi connectivity index (χ3v) is 12.6. The second-order valence-electron chi connectivity index (χ2n) is 10.9. The van der Waals surface area contributed by atoms with Crippen molar-refractivity contribution in [2.75, 3.05) is 0 Å². The smallest absolute Gasteiger partial charge is 0.286 e. The van der Waals surface area contributed by atoms with Crippen molar-refractivity contribution < 1.29 is 18.4 Å². The van der Waals surface area contributed by atoms with E-state index in [0.717, 1.165) is 39.7 Å². The van der Waals surface area contributed by atoms with Crippen LogP contribution in [-0.2, 0) is 4.57 Å². The molecule has 4 nitrogen and oxygen atoms in total. The Hall–Kier alpha value is -4.75. The molecule has 1 aliphatic heterocycles. The van der Waals surface area contributed by atoms with E-state index in [-0.39, 0.29) is 14.5 Å². The van der Waals surface area contributed by atoms with Gasteiger partial charge in [0, 0.05) is 16.7 Å². The van der Waals surface area contributed by atoms with Crippen LogP contribution in [-0.4, -0.2) is 6.29 Å². The van der Waals surface area contributed by atoms with E-state index in [9.17, 15) is 4.79 Å². The highest BCUT2D eigenvalue weighted by Gasteiger charge is 2.48. The molecule has 0 saturated carbocycles. The van der Waals surface area contributed by atoms with Crippen molar-refractivity contribution in [3.8, 4) is 33.8 Å². The Morgan fingerprint density at radius 2 is 1.13 bits per heavy atom. The number of hydrogen-bond acceptors (Lipinski definition) is 4. The molecule has 1 heterocycles. The minimum atomic E-state index is -3.61. The minimum absolute atomic E-state index is 0.123. The number of para-hydroxylation sites is 2. The first-order valence-electron chi connectivity index (χ1n) is 14.8. The number of aldehydes is 1. The molecule has 0 radical (unpaired) electrons. The number of hydrogen-bond donors (Lipinski definition) is 0. The lowest BCUT2D eigenvalue weighted by Crippen LogP contribution is -2.24. The van der Waals surface area contributed by atoms with Crippen LogP contribution >= 0.6 is 16.2 Å². The molecule has 4 unspecified atom stereocenters. The zero-order valence-electron chi connectivity index (χ0n) is 24.3. The zero-order chi connectivity index (χ0) is 30.6. The van der Waals surface area contributed by atoms with Crippen molar-refractivity contribution >= 4 is 27.8 Å². The van der Waals surface area contributed by atoms with Gasteiger partial charge < -0.3 is 9.05 Å². The molecule has 0 bridgehead atoms. The molecule has 0 saturated heterocycles. The molecule has 220 valence electrons. The largest absolute Gasteiger partial charge is 0.476 e. The third-order valence-electron chi connectivity index (χ3n) is 8.19. The molecule has 0 N–H and O–H groups in total. The predicted molar refractivity (Wildman–Crippen MR) is 184 cm³/mol. The molecular weight excluding hydrogens is 594 g/mol. The summed E-state index contributed by atoms with van der Waals surface area (Å²) in [5, 5.41) is 0.712. The topological polar surface area (TPSA) is 52.6 Å². The van der Waals surface area contributed by atoms with E-state index in [4.69, 9.17) is 9.05 Å². The summed E-state index contributed by atoms with van der Waals surface area (Å²) in [5.41, 5.74) is 5.13. The fraction of sp³-hybridized carbons (Fsp3) is 0.0513. The summed E-state index contributed by atoms with van der Waals surface area (Å²) in [6.07, 6.45) is 0.869. The number of carbonyl (C=O) groups is 1. The van der Waals surface area contributed by atoms with Crippen molar-refractivity contribution in [2.24, 2.45) is 0 Å². The quantitative estimate of drug-likeness (QED) is 0.119. The molecule has 0 amide bonds. The summed E-state index contributed by atoms with van der Waals surface area (Å²) >= 11 is 0. The molecular formula is C39H30O4P2. The molecule has 6 aromatic carbocycles. The van der Waals surface area contributed by atoms with E-state index in [0.29, 0.717) is 22.4 Å². The van der Waals surface area contributed by atoms with E-state index in [1.807, 2.05) is 140 Å². The van der Waals surface area contributed by atoms with Gasteiger partial charge in [0.25, 0.3) is 7.37 Å². The SMILES string of the molecule is O=Cc1ccccc1-c1ccccc1OPC(c1ccccc1)C(c1ccccc1)P1(=O)Oc2ccccc2-c2ccccc21. The van der Waals surface area contributed by atoms with E-state index < -0.39 is 13.0 Å². The van der Waals surface area contributed by atoms with Gasteiger partial charge in [0.05, 0.1) is 25.4 Å². The van der Waals surface area contributed by atoms with Crippen molar-refractivity contribution in [3.05, 3.63) is 174 Å². The zero-order valence-corrected chi connectivity index (χ0v) is 26.2. The van der Waals surface area contributed by atoms with E-state index in [1.54, 1.807) is 6.07 Å². The summed E-state index contributed by atoms with van der Waals surface area (Å²) in [6, 6.07) is 51.1. The van der Waals surface area contributed by atoms with Gasteiger partial charge in [0.15, 0.2) is 6.29 Å². The molecule has 0 aromatic heterocycles. The lowest BCUT2D eigenvalue weighted by molar-refractivity contribution is 0.112. The van der Waals surface area contributed by atoms with Crippen LogP contribution in [0.3, 0.4) is 0 Å². The summed E-state index contributed by atoms with van der Waals surface area (Å²) in [4.78, 5) is 11.9. The number of fused-ring (bicyclic) bond motifs is 3. The molecule has 7 rings (SSSR count). The molecule has 1 aliphatic rings. The summed E-state index contributed by atoms with van der Waals surface area (Å²) in [6.45, 7) is 0. The van der Waals surface area contributed by atoms with Crippen molar-refractivity contribution in [3.63, 3.8) is 0 Å². The first kappa shape index (κ1) is 29.0. The van der Waals surface area contributed by atoms with Crippen LogP contribution in [0.2, 0.25) is 0 Å². The van der Waals surface area contributed by atoms with Gasteiger partial charge in [-0.15, -0.1) is 0 Å². The normalized spacial score (nSPS) is 16.6. The van der Waals surface area contributed by atoms with Crippen LogP contribution < -0.4 is 14.4 Å². The summed E-state index contributed by atoms with van der Waals surface area (Å²) in [5.74, 6) is 1.28. The average Bonchev–Trinajstić information content (AvgIpc) is 3.11. The molecule has 0 fully saturated rings. The van der Waals surface area contributed by atoms with Crippen molar-refractivity contribution in [1.82, 2.24) is 0 Å². The number of carbonyl (C=O) groups excluding carboxylic acids is 1. The highest BCUT2D eigenvalue weighted by Crippen LogP contribution is 2.70. The monoisotopic (exact) mass is 624 g/mol. The molecule has 45 heavy (non-hydrogen) atoms. The van der Waals surface area contributed by atoms with E-state index >= 15 is 4.57 Å². The van der Waals surface area contributed by atoms with E-state index in [1.165, 1.54) is 0 Å². The number of rotatable bonds is 9. The molecule has 4 atom stereocenters. The molecule has 6 heteroatoms. The maximum atomic E-state index is 15.8. The number of benzene rings is 6. The molecule has 6 aromatic rings. The fourth-order valence-corrected chi connectivity index (χ4v) is 10.9. The molecule has 0 spiro atoms. The van der Waals surface area contributed by atoms with Gasteiger partial charge in [-0.25, -0.2) is 0 Å². The summed E-state index contributed by atoms with van der Waals surface area (Å²) < 4.78 is 29.2. The van der Waals surface area contributed by atoms with Crippen LogP contribution in [0.15, 0.2) is 158 Å². The Balaban J connectivity index is 1.38. The predicted octanol–water partition coefficient (Wildman–Crippen LogP) is 10.3. The minimum Gasteiger partial charge on any atom is -0.476 e. The maximum Gasteiger partial charge on any atom is 0.286 e.